The largest absolute Gasteiger partial charge is 0.450 e. The number of carbonyl (C=O) groups excluding carboxylic acids is 2. The zero-order chi connectivity index (χ0) is 20.1. The molecule has 148 valence electrons. The van der Waals surface area contributed by atoms with Crippen LogP contribution in [-0.2, 0) is 4.74 Å². The van der Waals surface area contributed by atoms with Gasteiger partial charge in [0.1, 0.15) is 0 Å². The van der Waals surface area contributed by atoms with Crippen molar-refractivity contribution in [2.24, 2.45) is 0 Å². The first kappa shape index (κ1) is 19.8. The number of rotatable bonds is 4. The number of amides is 2. The average Bonchev–Trinajstić information content (AvgIpc) is 2.68. The second-order valence-corrected chi connectivity index (χ2v) is 6.99. The van der Waals surface area contributed by atoms with Crippen LogP contribution in [0.2, 0.25) is 0 Å². The number of nitrogens with one attached hydrogen (secondary N) is 1. The Kier molecular flexibility index (Phi) is 6.23. The van der Waals surface area contributed by atoms with Crippen molar-refractivity contribution < 1.29 is 14.3 Å². The highest BCUT2D eigenvalue weighted by atomic mass is 16.6. The maximum Gasteiger partial charge on any atom is 0.409 e. The zero-order valence-corrected chi connectivity index (χ0v) is 16.6. The Labute approximate surface area is 165 Å². The van der Waals surface area contributed by atoms with E-state index in [0.29, 0.717) is 31.1 Å². The lowest BCUT2D eigenvalue weighted by Crippen LogP contribution is -2.46. The van der Waals surface area contributed by atoms with Crippen molar-refractivity contribution in [3.8, 4) is 11.4 Å². The Balaban J connectivity index is 1.57. The first-order valence-electron chi connectivity index (χ1n) is 9.61. The Morgan fingerprint density at radius 1 is 1.11 bits per heavy atom. The Morgan fingerprint density at radius 2 is 1.71 bits per heavy atom. The number of benzene rings is 1. The van der Waals surface area contributed by atoms with E-state index in [9.17, 15) is 9.59 Å². The number of carbonyl (C=O) groups is 2. The smallest absolute Gasteiger partial charge is 0.409 e. The number of ether oxygens (including phenoxy) is 1. The molecule has 1 aliphatic heterocycles. The fourth-order valence-corrected chi connectivity index (χ4v) is 3.32. The van der Waals surface area contributed by atoms with Gasteiger partial charge in [0.05, 0.1) is 6.61 Å². The van der Waals surface area contributed by atoms with E-state index in [1.165, 1.54) is 0 Å². The highest BCUT2D eigenvalue weighted by Crippen LogP contribution is 2.18. The summed E-state index contributed by atoms with van der Waals surface area (Å²) in [7, 11) is 0. The van der Waals surface area contributed by atoms with Gasteiger partial charge in [0.15, 0.2) is 5.82 Å². The van der Waals surface area contributed by atoms with Crippen LogP contribution in [0.25, 0.3) is 11.4 Å². The summed E-state index contributed by atoms with van der Waals surface area (Å²) in [5.74, 6) is 0.554. The number of hydrogen-bond acceptors (Lipinski definition) is 5. The lowest BCUT2D eigenvalue weighted by Gasteiger charge is -2.31. The molecule has 1 aromatic heterocycles. The van der Waals surface area contributed by atoms with Crippen LogP contribution in [0.3, 0.4) is 0 Å². The minimum absolute atomic E-state index is 0.0561. The molecule has 2 aromatic rings. The second kappa shape index (κ2) is 8.82. The predicted molar refractivity (Wildman–Crippen MR) is 106 cm³/mol. The molecule has 0 saturated carbocycles. The van der Waals surface area contributed by atoms with E-state index >= 15 is 0 Å². The molecule has 1 aromatic carbocycles. The van der Waals surface area contributed by atoms with Gasteiger partial charge >= 0.3 is 6.09 Å². The molecule has 1 aliphatic rings. The molecular weight excluding hydrogens is 356 g/mol. The van der Waals surface area contributed by atoms with Gasteiger partial charge in [-0.05, 0) is 51.8 Å². The Morgan fingerprint density at radius 3 is 2.29 bits per heavy atom. The van der Waals surface area contributed by atoms with Gasteiger partial charge in [-0.1, -0.05) is 12.1 Å². The third-order valence-electron chi connectivity index (χ3n) is 4.74. The van der Waals surface area contributed by atoms with Gasteiger partial charge in [-0.15, -0.1) is 0 Å². The number of likely N-dealkylation sites (tertiary alicyclic amines) is 1. The maximum absolute atomic E-state index is 12.5. The molecule has 0 radical (unpaired) electrons. The molecule has 2 amide bonds. The molecule has 0 atom stereocenters. The van der Waals surface area contributed by atoms with Crippen molar-refractivity contribution in [2.45, 2.75) is 39.7 Å². The Bertz CT molecular complexity index is 823. The number of aromatic nitrogens is 2. The molecule has 1 saturated heterocycles. The topological polar surface area (TPSA) is 84.4 Å². The molecule has 7 nitrogen and oxygen atoms in total. The molecule has 28 heavy (non-hydrogen) atoms. The van der Waals surface area contributed by atoms with E-state index in [4.69, 9.17) is 4.74 Å². The van der Waals surface area contributed by atoms with Crippen molar-refractivity contribution in [3.63, 3.8) is 0 Å². The summed E-state index contributed by atoms with van der Waals surface area (Å²) in [4.78, 5) is 34.9. The normalized spacial score (nSPS) is 14.6. The van der Waals surface area contributed by atoms with E-state index in [-0.39, 0.29) is 18.0 Å². The van der Waals surface area contributed by atoms with Crippen LogP contribution < -0.4 is 5.32 Å². The van der Waals surface area contributed by atoms with Gasteiger partial charge in [-0.3, -0.25) is 4.79 Å². The summed E-state index contributed by atoms with van der Waals surface area (Å²) in [6, 6.07) is 9.30. The summed E-state index contributed by atoms with van der Waals surface area (Å²) in [5.41, 5.74) is 3.31. The molecule has 3 rings (SSSR count). The third-order valence-corrected chi connectivity index (χ3v) is 4.74. The third kappa shape index (κ3) is 4.85. The Hall–Kier alpha value is -2.96. The van der Waals surface area contributed by atoms with Gasteiger partial charge in [0, 0.05) is 41.6 Å². The van der Waals surface area contributed by atoms with Gasteiger partial charge in [-0.2, -0.15) is 0 Å². The summed E-state index contributed by atoms with van der Waals surface area (Å²) in [6.07, 6.45) is 1.16. The fourth-order valence-electron chi connectivity index (χ4n) is 3.32. The molecule has 1 fully saturated rings. The van der Waals surface area contributed by atoms with Crippen LogP contribution in [0.4, 0.5) is 4.79 Å². The van der Waals surface area contributed by atoms with Crippen LogP contribution in [0.1, 0.15) is 41.5 Å². The maximum atomic E-state index is 12.5. The van der Waals surface area contributed by atoms with Gasteiger partial charge in [0.2, 0.25) is 0 Å². The lowest BCUT2D eigenvalue weighted by molar-refractivity contribution is 0.0860. The monoisotopic (exact) mass is 382 g/mol. The molecule has 0 aliphatic carbocycles. The van der Waals surface area contributed by atoms with Gasteiger partial charge < -0.3 is 15.0 Å². The van der Waals surface area contributed by atoms with Crippen LogP contribution >= 0.6 is 0 Å². The summed E-state index contributed by atoms with van der Waals surface area (Å²) < 4.78 is 5.02. The zero-order valence-electron chi connectivity index (χ0n) is 16.6. The number of aryl methyl sites for hydroxylation is 2. The van der Waals surface area contributed by atoms with Gasteiger partial charge in [0.25, 0.3) is 5.91 Å². The van der Waals surface area contributed by atoms with E-state index in [2.05, 4.69) is 15.3 Å². The van der Waals surface area contributed by atoms with Crippen molar-refractivity contribution in [2.75, 3.05) is 19.7 Å². The number of hydrogen-bond donors (Lipinski definition) is 1. The van der Waals surface area contributed by atoms with E-state index in [0.717, 1.165) is 29.8 Å². The standard InChI is InChI=1S/C21H26N4O3/c1-4-28-21(27)25-11-9-18(10-12-25)24-20(26)17-7-5-16(6-8-17)19-22-14(2)13-15(3)23-19/h5-8,13,18H,4,9-12H2,1-3H3,(H,24,26). The van der Waals surface area contributed by atoms with E-state index in [1.807, 2.05) is 32.0 Å². The van der Waals surface area contributed by atoms with Crippen molar-refractivity contribution >= 4 is 12.0 Å². The minimum Gasteiger partial charge on any atom is -0.450 e. The molecule has 1 N–H and O–H groups in total. The highest BCUT2D eigenvalue weighted by molar-refractivity contribution is 5.94. The molecule has 0 bridgehead atoms. The minimum atomic E-state index is -0.281. The van der Waals surface area contributed by atoms with Crippen molar-refractivity contribution in [3.05, 3.63) is 47.3 Å². The van der Waals surface area contributed by atoms with Crippen molar-refractivity contribution in [1.29, 1.82) is 0 Å². The van der Waals surface area contributed by atoms with Crippen LogP contribution in [0.5, 0.6) is 0 Å². The van der Waals surface area contributed by atoms with Crippen LogP contribution in [0, 0.1) is 13.8 Å². The fraction of sp³-hybridized carbons (Fsp3) is 0.429. The molecule has 0 spiro atoms. The first-order chi connectivity index (χ1) is 13.5. The highest BCUT2D eigenvalue weighted by Gasteiger charge is 2.24. The number of piperidine rings is 1. The summed E-state index contributed by atoms with van der Waals surface area (Å²) >= 11 is 0. The lowest BCUT2D eigenvalue weighted by atomic mass is 10.0. The molecular formula is C21H26N4O3. The molecule has 0 unspecified atom stereocenters. The van der Waals surface area contributed by atoms with Crippen LogP contribution in [0.15, 0.2) is 30.3 Å². The van der Waals surface area contributed by atoms with Crippen molar-refractivity contribution in [1.82, 2.24) is 20.2 Å². The first-order valence-corrected chi connectivity index (χ1v) is 9.61. The SMILES string of the molecule is CCOC(=O)N1CCC(NC(=O)c2ccc(-c3nc(C)cc(C)n3)cc2)CC1. The molecule has 2 heterocycles. The van der Waals surface area contributed by atoms with E-state index < -0.39 is 0 Å². The number of nitrogens with zero attached hydrogens (tertiary/aromatic N) is 3. The molecule has 7 heteroatoms. The van der Waals surface area contributed by atoms with Crippen LogP contribution in [-0.4, -0.2) is 52.6 Å². The second-order valence-electron chi connectivity index (χ2n) is 6.99. The summed E-state index contributed by atoms with van der Waals surface area (Å²) in [6.45, 7) is 7.22. The summed E-state index contributed by atoms with van der Waals surface area (Å²) in [5, 5.41) is 3.06. The average molecular weight is 382 g/mol. The quantitative estimate of drug-likeness (QED) is 0.878. The van der Waals surface area contributed by atoms with Gasteiger partial charge in [-0.25, -0.2) is 14.8 Å². The predicted octanol–water partition coefficient (Wildman–Crippen LogP) is 3.11. The van der Waals surface area contributed by atoms with E-state index in [1.54, 1.807) is 24.0 Å².